The van der Waals surface area contributed by atoms with E-state index in [-0.39, 0.29) is 0 Å². The third-order valence-corrected chi connectivity index (χ3v) is 4.90. The number of aromatic nitrogens is 5. The van der Waals surface area contributed by atoms with Gasteiger partial charge in [-0.15, -0.1) is 0 Å². The summed E-state index contributed by atoms with van der Waals surface area (Å²) in [4.78, 5) is 23.3. The van der Waals surface area contributed by atoms with Crippen LogP contribution in [0.2, 0.25) is 0 Å². The van der Waals surface area contributed by atoms with E-state index in [2.05, 4.69) is 35.1 Å². The number of anilines is 2. The van der Waals surface area contributed by atoms with Gasteiger partial charge in [0.1, 0.15) is 23.8 Å². The highest BCUT2D eigenvalue weighted by atomic mass is 15.2. The van der Waals surface area contributed by atoms with E-state index < -0.39 is 0 Å². The zero-order valence-corrected chi connectivity index (χ0v) is 15.6. The smallest absolute Gasteiger partial charge is 0.135 e. The Kier molecular flexibility index (Phi) is 5.39. The number of nitrogens with zero attached hydrogens (tertiary/aromatic N) is 5. The summed E-state index contributed by atoms with van der Waals surface area (Å²) >= 11 is 0. The number of hydrogen-bond donors (Lipinski definition) is 2. The molecular weight excluding hydrogens is 338 g/mol. The molecule has 140 valence electrons. The van der Waals surface area contributed by atoms with Crippen LogP contribution in [0.4, 0.5) is 11.6 Å². The van der Waals surface area contributed by atoms with E-state index in [0.717, 1.165) is 54.9 Å². The Hall–Kier alpha value is -2.80. The van der Waals surface area contributed by atoms with Crippen molar-refractivity contribution in [1.82, 2.24) is 29.8 Å². The topological polar surface area (TPSA) is 82.6 Å². The number of imidazole rings is 1. The molecule has 1 atom stereocenters. The van der Waals surface area contributed by atoms with E-state index >= 15 is 0 Å². The largest absolute Gasteiger partial charge is 0.348 e. The van der Waals surface area contributed by atoms with E-state index in [0.29, 0.717) is 5.92 Å². The normalized spacial score (nSPS) is 17.7. The highest BCUT2D eigenvalue weighted by molar-refractivity contribution is 5.51. The molecule has 4 rings (SSSR count). The number of aromatic amines is 1. The summed E-state index contributed by atoms with van der Waals surface area (Å²) in [5, 5.41) is 3.28. The third kappa shape index (κ3) is 4.89. The molecule has 7 heteroatoms. The molecule has 27 heavy (non-hydrogen) atoms. The number of rotatable bonds is 6. The molecule has 1 aliphatic rings. The number of hydrogen-bond acceptors (Lipinski definition) is 6. The molecule has 4 heterocycles. The first-order chi connectivity index (χ1) is 13.2. The van der Waals surface area contributed by atoms with Gasteiger partial charge in [-0.3, -0.25) is 4.90 Å². The van der Waals surface area contributed by atoms with Gasteiger partial charge >= 0.3 is 0 Å². The zero-order valence-electron chi connectivity index (χ0n) is 15.6. The summed E-state index contributed by atoms with van der Waals surface area (Å²) in [7, 11) is 0. The van der Waals surface area contributed by atoms with Gasteiger partial charge in [-0.2, -0.15) is 0 Å². The average molecular weight is 363 g/mol. The second kappa shape index (κ2) is 8.26. The van der Waals surface area contributed by atoms with Gasteiger partial charge < -0.3 is 10.3 Å². The highest BCUT2D eigenvalue weighted by Crippen LogP contribution is 2.22. The zero-order chi connectivity index (χ0) is 18.5. The van der Waals surface area contributed by atoms with Gasteiger partial charge in [-0.25, -0.2) is 19.9 Å². The highest BCUT2D eigenvalue weighted by Gasteiger charge is 2.21. The Morgan fingerprint density at radius 3 is 3.04 bits per heavy atom. The Morgan fingerprint density at radius 2 is 2.19 bits per heavy atom. The van der Waals surface area contributed by atoms with Crippen molar-refractivity contribution in [2.75, 3.05) is 18.4 Å². The Bertz CT molecular complexity index is 862. The Balaban J connectivity index is 1.37. The van der Waals surface area contributed by atoms with Crippen molar-refractivity contribution < 1.29 is 0 Å². The van der Waals surface area contributed by atoms with Crippen LogP contribution in [0.1, 0.15) is 30.1 Å². The summed E-state index contributed by atoms with van der Waals surface area (Å²) in [6, 6.07) is 7.95. The second-order valence-corrected chi connectivity index (χ2v) is 7.17. The van der Waals surface area contributed by atoms with Crippen LogP contribution in [0, 0.1) is 12.8 Å². The molecule has 0 spiro atoms. The molecule has 1 fully saturated rings. The molecule has 7 nitrogen and oxygen atoms in total. The Morgan fingerprint density at radius 1 is 1.22 bits per heavy atom. The van der Waals surface area contributed by atoms with Crippen molar-refractivity contribution in [1.29, 1.82) is 0 Å². The van der Waals surface area contributed by atoms with Crippen molar-refractivity contribution in [2.24, 2.45) is 5.92 Å². The summed E-state index contributed by atoms with van der Waals surface area (Å²) in [5.74, 6) is 3.24. The lowest BCUT2D eigenvalue weighted by Gasteiger charge is -2.32. The number of piperidine rings is 1. The van der Waals surface area contributed by atoms with Crippen molar-refractivity contribution in [2.45, 2.75) is 32.7 Å². The Labute approximate surface area is 159 Å². The molecule has 1 aliphatic heterocycles. The monoisotopic (exact) mass is 363 g/mol. The SMILES string of the molecule is Cc1cccc(Nc2cc(CC3CCCN(Cc4ncc[nH]4)C3)ncn2)n1. The van der Waals surface area contributed by atoms with Gasteiger partial charge in [0.25, 0.3) is 0 Å². The minimum absolute atomic E-state index is 0.605. The summed E-state index contributed by atoms with van der Waals surface area (Å²) < 4.78 is 0. The molecule has 3 aromatic heterocycles. The average Bonchev–Trinajstić information content (AvgIpc) is 3.15. The molecule has 3 aromatic rings. The van der Waals surface area contributed by atoms with Gasteiger partial charge in [-0.1, -0.05) is 6.07 Å². The van der Waals surface area contributed by atoms with Gasteiger partial charge in [0.05, 0.1) is 6.54 Å². The van der Waals surface area contributed by atoms with Gasteiger partial charge in [0, 0.05) is 36.4 Å². The molecule has 1 unspecified atom stereocenters. The maximum absolute atomic E-state index is 4.48. The summed E-state index contributed by atoms with van der Waals surface area (Å²) in [5.41, 5.74) is 2.05. The van der Waals surface area contributed by atoms with Crippen molar-refractivity contribution in [3.63, 3.8) is 0 Å². The fourth-order valence-corrected chi connectivity index (χ4v) is 3.67. The quantitative estimate of drug-likeness (QED) is 0.700. The van der Waals surface area contributed by atoms with Crippen molar-refractivity contribution in [3.8, 4) is 0 Å². The van der Waals surface area contributed by atoms with Crippen LogP contribution in [0.25, 0.3) is 0 Å². The van der Waals surface area contributed by atoms with E-state index in [1.165, 1.54) is 12.8 Å². The van der Waals surface area contributed by atoms with Crippen LogP contribution in [0.5, 0.6) is 0 Å². The van der Waals surface area contributed by atoms with Gasteiger partial charge in [0.2, 0.25) is 0 Å². The molecule has 0 amide bonds. The van der Waals surface area contributed by atoms with Crippen LogP contribution in [0.3, 0.4) is 0 Å². The van der Waals surface area contributed by atoms with Crippen molar-refractivity contribution in [3.05, 3.63) is 60.2 Å². The fourth-order valence-electron chi connectivity index (χ4n) is 3.67. The molecule has 0 aromatic carbocycles. The molecule has 0 aliphatic carbocycles. The van der Waals surface area contributed by atoms with Gasteiger partial charge in [0.15, 0.2) is 0 Å². The first-order valence-electron chi connectivity index (χ1n) is 9.47. The molecule has 0 bridgehead atoms. The number of pyridine rings is 1. The van der Waals surface area contributed by atoms with E-state index in [1.54, 1.807) is 6.33 Å². The van der Waals surface area contributed by atoms with E-state index in [9.17, 15) is 0 Å². The van der Waals surface area contributed by atoms with E-state index in [1.807, 2.05) is 43.6 Å². The lowest BCUT2D eigenvalue weighted by Crippen LogP contribution is -2.36. The number of likely N-dealkylation sites (tertiary alicyclic amines) is 1. The maximum atomic E-state index is 4.48. The second-order valence-electron chi connectivity index (χ2n) is 7.17. The summed E-state index contributed by atoms with van der Waals surface area (Å²) in [6.45, 7) is 5.08. The van der Waals surface area contributed by atoms with Crippen LogP contribution in [-0.4, -0.2) is 42.9 Å². The van der Waals surface area contributed by atoms with Crippen LogP contribution < -0.4 is 5.32 Å². The predicted molar refractivity (Wildman–Crippen MR) is 105 cm³/mol. The van der Waals surface area contributed by atoms with Crippen LogP contribution >= 0.6 is 0 Å². The molecule has 0 radical (unpaired) electrons. The number of aryl methyl sites for hydroxylation is 1. The van der Waals surface area contributed by atoms with Crippen LogP contribution in [0.15, 0.2) is 43.0 Å². The molecular formula is C20H25N7. The predicted octanol–water partition coefficient (Wildman–Crippen LogP) is 3.10. The van der Waals surface area contributed by atoms with Crippen molar-refractivity contribution >= 4 is 11.6 Å². The van der Waals surface area contributed by atoms with Crippen LogP contribution in [-0.2, 0) is 13.0 Å². The standard InChI is InChI=1S/C20H25N7/c1-15-4-2-6-18(25-15)26-19-11-17(23-14-24-19)10-16-5-3-9-27(12-16)13-20-21-7-8-22-20/h2,4,6-8,11,14,16H,3,5,9-10,12-13H2,1H3,(H,21,22)(H,23,24,25,26). The van der Waals surface area contributed by atoms with Gasteiger partial charge in [-0.05, 0) is 50.8 Å². The lowest BCUT2D eigenvalue weighted by molar-refractivity contribution is 0.163. The van der Waals surface area contributed by atoms with E-state index in [4.69, 9.17) is 0 Å². The summed E-state index contributed by atoms with van der Waals surface area (Å²) in [6.07, 6.45) is 8.75. The first-order valence-corrected chi connectivity index (χ1v) is 9.47. The molecule has 1 saturated heterocycles. The minimum Gasteiger partial charge on any atom is -0.348 e. The third-order valence-electron chi connectivity index (χ3n) is 4.90. The number of H-pyrrole nitrogens is 1. The fraction of sp³-hybridized carbons (Fsp3) is 0.400. The minimum atomic E-state index is 0.605. The lowest BCUT2D eigenvalue weighted by atomic mass is 9.93. The maximum Gasteiger partial charge on any atom is 0.135 e. The molecule has 2 N–H and O–H groups in total. The first kappa shape index (κ1) is 17.6. The number of nitrogens with one attached hydrogen (secondary N) is 2. The molecule has 0 saturated carbocycles.